The molecule has 3 nitrogen and oxygen atoms in total. The standard InChI is InChI=1S/C15H18N2O/c1-10-7-13(11-5-6-16-9-11)14-8-12(18-2)3-4-15(14)17-10/h3-4,7-8,11,16H,5-6,9H2,1-2H3. The molecule has 0 bridgehead atoms. The van der Waals surface area contributed by atoms with E-state index in [4.69, 9.17) is 4.74 Å². The first kappa shape index (κ1) is 11.5. The summed E-state index contributed by atoms with van der Waals surface area (Å²) >= 11 is 0. The molecule has 2 aromatic rings. The molecule has 1 fully saturated rings. The van der Waals surface area contributed by atoms with E-state index in [0.717, 1.165) is 30.0 Å². The third kappa shape index (κ3) is 1.95. The monoisotopic (exact) mass is 242 g/mol. The van der Waals surface area contributed by atoms with E-state index in [9.17, 15) is 0 Å². The van der Waals surface area contributed by atoms with Crippen LogP contribution in [-0.4, -0.2) is 25.2 Å². The molecule has 94 valence electrons. The molecule has 2 heterocycles. The Morgan fingerprint density at radius 1 is 1.33 bits per heavy atom. The van der Waals surface area contributed by atoms with Gasteiger partial charge in [-0.25, -0.2) is 0 Å². The van der Waals surface area contributed by atoms with Crippen LogP contribution in [0, 0.1) is 6.92 Å². The molecule has 1 N–H and O–H groups in total. The van der Waals surface area contributed by atoms with Gasteiger partial charge in [-0.1, -0.05) is 0 Å². The van der Waals surface area contributed by atoms with Crippen molar-refractivity contribution in [2.75, 3.05) is 20.2 Å². The Bertz CT molecular complexity index is 574. The van der Waals surface area contributed by atoms with E-state index in [1.165, 1.54) is 17.4 Å². The average molecular weight is 242 g/mol. The first-order valence-electron chi connectivity index (χ1n) is 6.44. The van der Waals surface area contributed by atoms with Gasteiger partial charge >= 0.3 is 0 Å². The fraction of sp³-hybridized carbons (Fsp3) is 0.400. The van der Waals surface area contributed by atoms with Crippen LogP contribution in [0.25, 0.3) is 10.9 Å². The molecule has 3 heteroatoms. The second-order valence-corrected chi connectivity index (χ2v) is 4.93. The number of hydrogen-bond acceptors (Lipinski definition) is 3. The maximum Gasteiger partial charge on any atom is 0.119 e. The summed E-state index contributed by atoms with van der Waals surface area (Å²) in [6.07, 6.45) is 1.20. The SMILES string of the molecule is COc1ccc2nc(C)cc(C3CCNC3)c2c1. The number of methoxy groups -OCH3 is 1. The second kappa shape index (κ2) is 4.58. The van der Waals surface area contributed by atoms with E-state index in [2.05, 4.69) is 29.4 Å². The molecule has 0 spiro atoms. The molecule has 0 radical (unpaired) electrons. The zero-order valence-corrected chi connectivity index (χ0v) is 10.9. The van der Waals surface area contributed by atoms with Gasteiger partial charge in [0.25, 0.3) is 0 Å². The Morgan fingerprint density at radius 2 is 2.22 bits per heavy atom. The van der Waals surface area contributed by atoms with E-state index in [0.29, 0.717) is 5.92 Å². The lowest BCUT2D eigenvalue weighted by atomic mass is 9.94. The van der Waals surface area contributed by atoms with Crippen LogP contribution in [0.3, 0.4) is 0 Å². The number of rotatable bonds is 2. The van der Waals surface area contributed by atoms with Gasteiger partial charge in [-0.3, -0.25) is 4.98 Å². The number of hydrogen-bond donors (Lipinski definition) is 1. The normalized spacial score (nSPS) is 19.3. The number of nitrogens with one attached hydrogen (secondary N) is 1. The van der Waals surface area contributed by atoms with Crippen molar-refractivity contribution in [2.45, 2.75) is 19.3 Å². The number of ether oxygens (including phenoxy) is 1. The maximum atomic E-state index is 5.33. The van der Waals surface area contributed by atoms with Crippen molar-refractivity contribution in [1.29, 1.82) is 0 Å². The number of aromatic nitrogens is 1. The molecule has 3 rings (SSSR count). The molecule has 1 atom stereocenters. The molecular weight excluding hydrogens is 224 g/mol. The second-order valence-electron chi connectivity index (χ2n) is 4.93. The first-order chi connectivity index (χ1) is 8.78. The highest BCUT2D eigenvalue weighted by Gasteiger charge is 2.19. The molecule has 0 saturated carbocycles. The summed E-state index contributed by atoms with van der Waals surface area (Å²) in [5, 5.41) is 4.66. The molecule has 1 unspecified atom stereocenters. The number of nitrogens with zero attached hydrogens (tertiary/aromatic N) is 1. The molecule has 1 saturated heterocycles. The number of benzene rings is 1. The largest absolute Gasteiger partial charge is 0.497 e. The Kier molecular flexibility index (Phi) is 2.92. The predicted octanol–water partition coefficient (Wildman–Crippen LogP) is 2.63. The van der Waals surface area contributed by atoms with Gasteiger partial charge in [-0.15, -0.1) is 0 Å². The molecular formula is C15H18N2O. The quantitative estimate of drug-likeness (QED) is 0.879. The number of pyridine rings is 1. The van der Waals surface area contributed by atoms with Crippen LogP contribution in [0.5, 0.6) is 5.75 Å². The van der Waals surface area contributed by atoms with Crippen molar-refractivity contribution in [2.24, 2.45) is 0 Å². The lowest BCUT2D eigenvalue weighted by molar-refractivity contribution is 0.415. The van der Waals surface area contributed by atoms with Crippen LogP contribution in [0.15, 0.2) is 24.3 Å². The smallest absolute Gasteiger partial charge is 0.119 e. The van der Waals surface area contributed by atoms with E-state index in [-0.39, 0.29) is 0 Å². The number of fused-ring (bicyclic) bond motifs is 1. The first-order valence-corrected chi connectivity index (χ1v) is 6.44. The van der Waals surface area contributed by atoms with Crippen LogP contribution in [0.4, 0.5) is 0 Å². The van der Waals surface area contributed by atoms with Gasteiger partial charge in [0.15, 0.2) is 0 Å². The summed E-state index contributed by atoms with van der Waals surface area (Å²) in [4.78, 5) is 4.61. The molecule has 0 amide bonds. The maximum absolute atomic E-state index is 5.33. The van der Waals surface area contributed by atoms with Crippen molar-refractivity contribution in [1.82, 2.24) is 10.3 Å². The fourth-order valence-electron chi connectivity index (χ4n) is 2.75. The van der Waals surface area contributed by atoms with Crippen molar-refractivity contribution >= 4 is 10.9 Å². The third-order valence-corrected chi connectivity index (χ3v) is 3.68. The summed E-state index contributed by atoms with van der Waals surface area (Å²) in [6.45, 7) is 4.24. The van der Waals surface area contributed by atoms with E-state index in [1.54, 1.807) is 7.11 Å². The summed E-state index contributed by atoms with van der Waals surface area (Å²) in [5.41, 5.74) is 3.56. The van der Waals surface area contributed by atoms with Crippen LogP contribution in [0.2, 0.25) is 0 Å². The minimum Gasteiger partial charge on any atom is -0.497 e. The van der Waals surface area contributed by atoms with Crippen molar-refractivity contribution in [3.8, 4) is 5.75 Å². The Balaban J connectivity index is 2.20. The molecule has 1 aliphatic heterocycles. The number of aryl methyl sites for hydroxylation is 1. The molecule has 18 heavy (non-hydrogen) atoms. The zero-order chi connectivity index (χ0) is 12.5. The van der Waals surface area contributed by atoms with Crippen molar-refractivity contribution in [3.05, 3.63) is 35.5 Å². The Morgan fingerprint density at radius 3 is 2.94 bits per heavy atom. The summed E-state index contributed by atoms with van der Waals surface area (Å²) < 4.78 is 5.33. The summed E-state index contributed by atoms with van der Waals surface area (Å²) in [6, 6.07) is 8.35. The highest BCUT2D eigenvalue weighted by Crippen LogP contribution is 2.31. The molecule has 0 aliphatic carbocycles. The fourth-order valence-corrected chi connectivity index (χ4v) is 2.75. The molecule has 1 aromatic heterocycles. The van der Waals surface area contributed by atoms with Crippen molar-refractivity contribution in [3.63, 3.8) is 0 Å². The predicted molar refractivity (Wildman–Crippen MR) is 73.3 cm³/mol. The minimum absolute atomic E-state index is 0.598. The Hall–Kier alpha value is -1.61. The molecule has 1 aromatic carbocycles. The zero-order valence-electron chi connectivity index (χ0n) is 10.9. The molecule has 1 aliphatic rings. The van der Waals surface area contributed by atoms with Crippen LogP contribution >= 0.6 is 0 Å². The highest BCUT2D eigenvalue weighted by molar-refractivity contribution is 5.84. The van der Waals surface area contributed by atoms with Gasteiger partial charge in [0.1, 0.15) is 5.75 Å². The topological polar surface area (TPSA) is 34.1 Å². The lowest BCUT2D eigenvalue weighted by Gasteiger charge is -2.14. The highest BCUT2D eigenvalue weighted by atomic mass is 16.5. The van der Waals surface area contributed by atoms with Crippen LogP contribution in [-0.2, 0) is 0 Å². The minimum atomic E-state index is 0.598. The Labute approximate surface area is 107 Å². The van der Waals surface area contributed by atoms with Gasteiger partial charge in [-0.2, -0.15) is 0 Å². The van der Waals surface area contributed by atoms with Gasteiger partial charge in [0, 0.05) is 17.6 Å². The average Bonchev–Trinajstić information content (AvgIpc) is 2.91. The van der Waals surface area contributed by atoms with Crippen molar-refractivity contribution < 1.29 is 4.74 Å². The van der Waals surface area contributed by atoms with Crippen LogP contribution < -0.4 is 10.1 Å². The van der Waals surface area contributed by atoms with Gasteiger partial charge in [0.05, 0.1) is 12.6 Å². The van der Waals surface area contributed by atoms with Gasteiger partial charge in [-0.05, 0) is 55.6 Å². The summed E-state index contributed by atoms with van der Waals surface area (Å²) in [7, 11) is 1.71. The van der Waals surface area contributed by atoms with Crippen LogP contribution in [0.1, 0.15) is 23.6 Å². The van der Waals surface area contributed by atoms with E-state index >= 15 is 0 Å². The van der Waals surface area contributed by atoms with Gasteiger partial charge < -0.3 is 10.1 Å². The third-order valence-electron chi connectivity index (χ3n) is 3.68. The lowest BCUT2D eigenvalue weighted by Crippen LogP contribution is -2.08. The van der Waals surface area contributed by atoms with E-state index < -0.39 is 0 Å². The van der Waals surface area contributed by atoms with Gasteiger partial charge in [0.2, 0.25) is 0 Å². The van der Waals surface area contributed by atoms with E-state index in [1.807, 2.05) is 12.1 Å². The summed E-state index contributed by atoms with van der Waals surface area (Å²) in [5.74, 6) is 1.50.